The van der Waals surface area contributed by atoms with Gasteiger partial charge in [-0.25, -0.2) is 4.98 Å². The average molecular weight is 383 g/mol. The van der Waals surface area contributed by atoms with E-state index in [0.717, 1.165) is 56.6 Å². The number of hydrogen-bond donors (Lipinski definition) is 1. The second-order valence-corrected chi connectivity index (χ2v) is 7.45. The number of oxazole rings is 1. The number of ether oxygens (including phenoxy) is 1. The van der Waals surface area contributed by atoms with Crippen LogP contribution in [-0.2, 0) is 11.3 Å². The highest BCUT2D eigenvalue weighted by Gasteiger charge is 2.30. The van der Waals surface area contributed by atoms with Gasteiger partial charge in [0.15, 0.2) is 5.96 Å². The Balaban J connectivity index is 1.32. The molecule has 0 radical (unpaired) electrons. The first-order valence-electron chi connectivity index (χ1n) is 10.0. The van der Waals surface area contributed by atoms with Crippen LogP contribution in [-0.4, -0.2) is 73.2 Å². The van der Waals surface area contributed by atoms with E-state index in [0.29, 0.717) is 18.5 Å². The van der Waals surface area contributed by atoms with Crippen LogP contribution in [0.1, 0.15) is 17.7 Å². The molecule has 0 amide bonds. The van der Waals surface area contributed by atoms with Gasteiger partial charge in [-0.3, -0.25) is 9.89 Å². The summed E-state index contributed by atoms with van der Waals surface area (Å²) in [6.07, 6.45) is 2.89. The average Bonchev–Trinajstić information content (AvgIpc) is 3.40. The lowest BCUT2D eigenvalue weighted by Crippen LogP contribution is -2.46. The number of guanidine groups is 1. The Kier molecular flexibility index (Phi) is 5.92. The molecule has 0 spiro atoms. The number of morpholine rings is 1. The Hall–Kier alpha value is -2.38. The summed E-state index contributed by atoms with van der Waals surface area (Å²) < 4.78 is 11.1. The predicted octanol–water partition coefficient (Wildman–Crippen LogP) is 2.13. The van der Waals surface area contributed by atoms with Crippen LogP contribution >= 0.6 is 0 Å². The number of aryl methyl sites for hydroxylation is 1. The predicted molar refractivity (Wildman–Crippen MR) is 109 cm³/mol. The van der Waals surface area contributed by atoms with Gasteiger partial charge < -0.3 is 19.4 Å². The molecule has 0 bridgehead atoms. The molecule has 1 aromatic carbocycles. The van der Waals surface area contributed by atoms with E-state index in [2.05, 4.69) is 44.1 Å². The lowest BCUT2D eigenvalue weighted by molar-refractivity contribution is 0.0195. The Labute approximate surface area is 166 Å². The molecule has 1 atom stereocenters. The second kappa shape index (κ2) is 8.75. The van der Waals surface area contributed by atoms with Crippen molar-refractivity contribution in [2.45, 2.75) is 25.9 Å². The third-order valence-corrected chi connectivity index (χ3v) is 5.51. The maximum atomic E-state index is 5.66. The third-order valence-electron chi connectivity index (χ3n) is 5.51. The maximum Gasteiger partial charge on any atom is 0.226 e. The smallest absolute Gasteiger partial charge is 0.226 e. The summed E-state index contributed by atoms with van der Waals surface area (Å²) in [4.78, 5) is 14.0. The zero-order valence-corrected chi connectivity index (χ0v) is 16.7. The Morgan fingerprint density at radius 1 is 1.21 bits per heavy atom. The number of benzene rings is 1. The summed E-state index contributed by atoms with van der Waals surface area (Å²) >= 11 is 0. The molecule has 3 heterocycles. The van der Waals surface area contributed by atoms with Crippen LogP contribution in [0.2, 0.25) is 0 Å². The first-order valence-corrected chi connectivity index (χ1v) is 10.0. The van der Waals surface area contributed by atoms with Gasteiger partial charge in [-0.15, -0.1) is 0 Å². The minimum Gasteiger partial charge on any atom is -0.444 e. The van der Waals surface area contributed by atoms with Crippen molar-refractivity contribution in [3.05, 3.63) is 41.8 Å². The summed E-state index contributed by atoms with van der Waals surface area (Å²) in [5, 5.41) is 3.44. The van der Waals surface area contributed by atoms with Crippen molar-refractivity contribution in [3.63, 3.8) is 0 Å². The molecular formula is C21H29N5O2. The molecule has 2 aromatic rings. The van der Waals surface area contributed by atoms with Gasteiger partial charge >= 0.3 is 0 Å². The molecular weight excluding hydrogens is 354 g/mol. The van der Waals surface area contributed by atoms with E-state index in [9.17, 15) is 0 Å². The lowest BCUT2D eigenvalue weighted by Gasteiger charge is -2.32. The van der Waals surface area contributed by atoms with Crippen LogP contribution in [0, 0.1) is 6.92 Å². The molecule has 1 unspecified atom stereocenters. The number of hydrogen-bond acceptors (Lipinski definition) is 5. The van der Waals surface area contributed by atoms with Crippen LogP contribution in [0.5, 0.6) is 0 Å². The van der Waals surface area contributed by atoms with Crippen LogP contribution in [0.15, 0.2) is 39.9 Å². The van der Waals surface area contributed by atoms with Gasteiger partial charge in [0.1, 0.15) is 6.26 Å². The molecule has 150 valence electrons. The lowest BCUT2D eigenvalue weighted by atomic mass is 10.1. The molecule has 2 aliphatic rings. The zero-order valence-electron chi connectivity index (χ0n) is 16.7. The zero-order chi connectivity index (χ0) is 19.3. The van der Waals surface area contributed by atoms with E-state index < -0.39 is 0 Å². The number of nitrogens with zero attached hydrogens (tertiary/aromatic N) is 4. The Bertz CT molecular complexity index is 795. The molecule has 2 saturated heterocycles. The highest BCUT2D eigenvalue weighted by molar-refractivity contribution is 5.80. The summed E-state index contributed by atoms with van der Waals surface area (Å²) in [5.41, 5.74) is 3.09. The van der Waals surface area contributed by atoms with E-state index in [1.54, 1.807) is 6.26 Å². The quantitative estimate of drug-likeness (QED) is 0.645. The number of likely N-dealkylation sites (tertiary alicyclic amines) is 1. The van der Waals surface area contributed by atoms with E-state index in [1.165, 1.54) is 12.0 Å². The van der Waals surface area contributed by atoms with Gasteiger partial charge in [0, 0.05) is 44.8 Å². The molecule has 7 heteroatoms. The van der Waals surface area contributed by atoms with Crippen molar-refractivity contribution in [1.29, 1.82) is 0 Å². The number of rotatable bonds is 4. The Morgan fingerprint density at radius 3 is 2.75 bits per heavy atom. The van der Waals surface area contributed by atoms with Gasteiger partial charge in [0.05, 0.1) is 25.5 Å². The van der Waals surface area contributed by atoms with E-state index in [-0.39, 0.29) is 0 Å². The summed E-state index contributed by atoms with van der Waals surface area (Å²) in [7, 11) is 1.84. The van der Waals surface area contributed by atoms with Crippen molar-refractivity contribution in [2.75, 3.05) is 46.4 Å². The van der Waals surface area contributed by atoms with Gasteiger partial charge in [-0.2, -0.15) is 0 Å². The van der Waals surface area contributed by atoms with E-state index in [4.69, 9.17) is 9.15 Å². The van der Waals surface area contributed by atoms with Crippen LogP contribution in [0.4, 0.5) is 0 Å². The summed E-state index contributed by atoms with van der Waals surface area (Å²) in [6.45, 7) is 8.46. The molecule has 1 N–H and O–H groups in total. The van der Waals surface area contributed by atoms with Gasteiger partial charge in [-0.1, -0.05) is 17.7 Å². The van der Waals surface area contributed by atoms with Gasteiger partial charge in [0.2, 0.25) is 5.89 Å². The van der Waals surface area contributed by atoms with Crippen LogP contribution in [0.3, 0.4) is 0 Å². The minimum atomic E-state index is 0.586. The van der Waals surface area contributed by atoms with Gasteiger partial charge in [0.25, 0.3) is 0 Å². The standard InChI is InChI=1S/C21H29N5O2/c1-16-3-5-17(6-4-16)20-24-18(15-28-20)13-23-21(22-2)26-8-7-19(14-26)25-9-11-27-12-10-25/h3-6,15,19H,7-14H2,1-2H3,(H,22,23). The topological polar surface area (TPSA) is 66.1 Å². The SMILES string of the molecule is CN=C(NCc1coc(-c2ccc(C)cc2)n1)N1CCC(N2CCOCC2)C1. The maximum absolute atomic E-state index is 5.66. The molecule has 4 rings (SSSR count). The van der Waals surface area contributed by atoms with Crippen molar-refractivity contribution in [3.8, 4) is 11.5 Å². The van der Waals surface area contributed by atoms with Crippen molar-refractivity contribution in [1.82, 2.24) is 20.1 Å². The Morgan fingerprint density at radius 2 is 2.00 bits per heavy atom. The second-order valence-electron chi connectivity index (χ2n) is 7.45. The summed E-state index contributed by atoms with van der Waals surface area (Å²) in [6, 6.07) is 8.79. The highest BCUT2D eigenvalue weighted by Crippen LogP contribution is 2.20. The fraction of sp³-hybridized carbons (Fsp3) is 0.524. The van der Waals surface area contributed by atoms with Gasteiger partial charge in [-0.05, 0) is 25.5 Å². The van der Waals surface area contributed by atoms with Crippen LogP contribution < -0.4 is 5.32 Å². The number of aromatic nitrogens is 1. The monoisotopic (exact) mass is 383 g/mol. The fourth-order valence-electron chi connectivity index (χ4n) is 3.89. The molecule has 28 heavy (non-hydrogen) atoms. The van der Waals surface area contributed by atoms with Crippen molar-refractivity contribution >= 4 is 5.96 Å². The first-order chi connectivity index (χ1) is 13.7. The molecule has 0 saturated carbocycles. The van der Waals surface area contributed by atoms with Crippen molar-refractivity contribution < 1.29 is 9.15 Å². The molecule has 0 aliphatic carbocycles. The minimum absolute atomic E-state index is 0.586. The molecule has 1 aromatic heterocycles. The highest BCUT2D eigenvalue weighted by atomic mass is 16.5. The third kappa shape index (κ3) is 4.36. The summed E-state index contributed by atoms with van der Waals surface area (Å²) in [5.74, 6) is 1.58. The van der Waals surface area contributed by atoms with E-state index in [1.807, 2.05) is 19.2 Å². The largest absolute Gasteiger partial charge is 0.444 e. The molecule has 2 fully saturated rings. The number of nitrogens with one attached hydrogen (secondary N) is 1. The number of aliphatic imine (C=N–C) groups is 1. The molecule has 7 nitrogen and oxygen atoms in total. The van der Waals surface area contributed by atoms with Crippen molar-refractivity contribution in [2.24, 2.45) is 4.99 Å². The first kappa shape index (κ1) is 19.0. The fourth-order valence-corrected chi connectivity index (χ4v) is 3.89. The normalized spacial score (nSPS) is 21.3. The van der Waals surface area contributed by atoms with Crippen LogP contribution in [0.25, 0.3) is 11.5 Å². The molecule has 2 aliphatic heterocycles. The van der Waals surface area contributed by atoms with E-state index >= 15 is 0 Å².